The molecule has 0 amide bonds. The molecule has 0 aromatic heterocycles. The molecule has 1 N–H and O–H groups in total. The van der Waals surface area contributed by atoms with Gasteiger partial charge in [0.25, 0.3) is 0 Å². The first kappa shape index (κ1) is 10.7. The zero-order valence-electron chi connectivity index (χ0n) is 9.20. The predicted octanol–water partition coefficient (Wildman–Crippen LogP) is 3.75. The molecule has 0 unspecified atom stereocenters. The Bertz CT molecular complexity index is 465. The van der Waals surface area contributed by atoms with E-state index in [1.54, 1.807) is 6.07 Å². The molecule has 0 fully saturated rings. The average molecular weight is 215 g/mol. The van der Waals surface area contributed by atoms with Gasteiger partial charge in [-0.3, -0.25) is 0 Å². The average Bonchev–Trinajstić information content (AvgIpc) is 2.32. The molecule has 0 heterocycles. The lowest BCUT2D eigenvalue weighted by atomic mass is 10.2. The van der Waals surface area contributed by atoms with Crippen LogP contribution in [0.25, 0.3) is 0 Å². The second-order valence-corrected chi connectivity index (χ2v) is 3.82. The molecule has 2 aromatic carbocycles. The van der Waals surface area contributed by atoms with Crippen LogP contribution in [-0.2, 0) is 6.54 Å². The van der Waals surface area contributed by atoms with E-state index in [2.05, 4.69) is 5.32 Å². The van der Waals surface area contributed by atoms with Gasteiger partial charge in [-0.25, -0.2) is 4.39 Å². The van der Waals surface area contributed by atoms with Crippen LogP contribution >= 0.6 is 0 Å². The minimum absolute atomic E-state index is 0.207. The van der Waals surface area contributed by atoms with E-state index in [9.17, 15) is 4.39 Å². The highest BCUT2D eigenvalue weighted by atomic mass is 19.1. The first-order chi connectivity index (χ1) is 7.75. The van der Waals surface area contributed by atoms with E-state index >= 15 is 0 Å². The topological polar surface area (TPSA) is 12.0 Å². The van der Waals surface area contributed by atoms with Crippen LogP contribution in [0, 0.1) is 12.7 Å². The first-order valence-corrected chi connectivity index (χ1v) is 5.29. The summed E-state index contributed by atoms with van der Waals surface area (Å²) in [6.45, 7) is 2.59. The second-order valence-electron chi connectivity index (χ2n) is 3.82. The number of nitrogens with one attached hydrogen (secondary N) is 1. The molecule has 1 nitrogen and oxygen atoms in total. The number of hydrogen-bond donors (Lipinski definition) is 1. The highest BCUT2D eigenvalue weighted by molar-refractivity contribution is 5.47. The molecule has 2 rings (SSSR count). The third kappa shape index (κ3) is 2.60. The predicted molar refractivity (Wildman–Crippen MR) is 64.9 cm³/mol. The van der Waals surface area contributed by atoms with Gasteiger partial charge in [0, 0.05) is 6.54 Å². The Labute approximate surface area is 94.9 Å². The van der Waals surface area contributed by atoms with Crippen LogP contribution in [0.1, 0.15) is 11.1 Å². The Morgan fingerprint density at radius 1 is 1.06 bits per heavy atom. The van der Waals surface area contributed by atoms with Gasteiger partial charge in [-0.15, -0.1) is 0 Å². The van der Waals surface area contributed by atoms with E-state index in [1.807, 2.05) is 43.3 Å². The molecule has 0 spiro atoms. The fourth-order valence-corrected chi connectivity index (χ4v) is 1.57. The summed E-state index contributed by atoms with van der Waals surface area (Å²) >= 11 is 0. The SMILES string of the molecule is Cc1ccc(F)c(NCc2ccccc2)c1. The van der Waals surface area contributed by atoms with Crippen LogP contribution in [-0.4, -0.2) is 0 Å². The summed E-state index contributed by atoms with van der Waals surface area (Å²) < 4.78 is 13.4. The summed E-state index contributed by atoms with van der Waals surface area (Å²) in [6, 6.07) is 15.0. The van der Waals surface area contributed by atoms with E-state index < -0.39 is 0 Å². The molecule has 82 valence electrons. The van der Waals surface area contributed by atoms with E-state index in [-0.39, 0.29) is 5.82 Å². The van der Waals surface area contributed by atoms with Crippen molar-refractivity contribution in [2.24, 2.45) is 0 Å². The van der Waals surface area contributed by atoms with Crippen molar-refractivity contribution in [3.05, 3.63) is 65.5 Å². The normalized spacial score (nSPS) is 10.1. The molecule has 16 heavy (non-hydrogen) atoms. The second kappa shape index (κ2) is 4.79. The van der Waals surface area contributed by atoms with Gasteiger partial charge in [-0.2, -0.15) is 0 Å². The molecule has 0 saturated heterocycles. The minimum atomic E-state index is -0.207. The summed E-state index contributed by atoms with van der Waals surface area (Å²) in [4.78, 5) is 0. The fraction of sp³-hybridized carbons (Fsp3) is 0.143. The van der Waals surface area contributed by atoms with E-state index in [0.717, 1.165) is 11.1 Å². The van der Waals surface area contributed by atoms with E-state index in [4.69, 9.17) is 0 Å². The van der Waals surface area contributed by atoms with Crippen molar-refractivity contribution in [2.75, 3.05) is 5.32 Å². The molecule has 0 atom stereocenters. The molecule has 0 radical (unpaired) electrons. The summed E-state index contributed by atoms with van der Waals surface area (Å²) in [7, 11) is 0. The lowest BCUT2D eigenvalue weighted by Gasteiger charge is -2.08. The maximum Gasteiger partial charge on any atom is 0.146 e. The molecule has 0 aliphatic heterocycles. The van der Waals surface area contributed by atoms with Gasteiger partial charge in [0.15, 0.2) is 0 Å². The summed E-state index contributed by atoms with van der Waals surface area (Å²) in [5, 5.41) is 3.10. The van der Waals surface area contributed by atoms with Crippen LogP contribution in [0.15, 0.2) is 48.5 Å². The monoisotopic (exact) mass is 215 g/mol. The van der Waals surface area contributed by atoms with Gasteiger partial charge in [-0.1, -0.05) is 36.4 Å². The maximum absolute atomic E-state index is 13.4. The Hall–Kier alpha value is -1.83. The van der Waals surface area contributed by atoms with Crippen molar-refractivity contribution < 1.29 is 4.39 Å². The quantitative estimate of drug-likeness (QED) is 0.822. The highest BCUT2D eigenvalue weighted by Crippen LogP contribution is 2.16. The van der Waals surface area contributed by atoms with E-state index in [0.29, 0.717) is 12.2 Å². The van der Waals surface area contributed by atoms with Crippen molar-refractivity contribution in [1.29, 1.82) is 0 Å². The first-order valence-electron chi connectivity index (χ1n) is 5.29. The standard InChI is InChI=1S/C14H14FN/c1-11-7-8-13(15)14(9-11)16-10-12-5-3-2-4-6-12/h2-9,16H,10H2,1H3. The van der Waals surface area contributed by atoms with Crippen molar-refractivity contribution in [2.45, 2.75) is 13.5 Å². The lowest BCUT2D eigenvalue weighted by Crippen LogP contribution is -2.01. The van der Waals surface area contributed by atoms with Gasteiger partial charge in [0.1, 0.15) is 5.82 Å². The van der Waals surface area contributed by atoms with E-state index in [1.165, 1.54) is 6.07 Å². The molecular formula is C14H14FN. The van der Waals surface area contributed by atoms with Crippen molar-refractivity contribution in [3.63, 3.8) is 0 Å². The van der Waals surface area contributed by atoms with Crippen LogP contribution < -0.4 is 5.32 Å². The highest BCUT2D eigenvalue weighted by Gasteiger charge is 2.01. The zero-order valence-corrected chi connectivity index (χ0v) is 9.20. The molecule has 0 aliphatic rings. The van der Waals surface area contributed by atoms with Crippen molar-refractivity contribution in [1.82, 2.24) is 0 Å². The van der Waals surface area contributed by atoms with Gasteiger partial charge < -0.3 is 5.32 Å². The summed E-state index contributed by atoms with van der Waals surface area (Å²) in [6.07, 6.45) is 0. The van der Waals surface area contributed by atoms with Crippen LogP contribution in [0.2, 0.25) is 0 Å². The van der Waals surface area contributed by atoms with Crippen LogP contribution in [0.3, 0.4) is 0 Å². The molecule has 0 aliphatic carbocycles. The van der Waals surface area contributed by atoms with Gasteiger partial charge in [0.2, 0.25) is 0 Å². The Balaban J connectivity index is 2.08. The molecular weight excluding hydrogens is 201 g/mol. The number of benzene rings is 2. The number of halogens is 1. The number of rotatable bonds is 3. The number of hydrogen-bond acceptors (Lipinski definition) is 1. The van der Waals surface area contributed by atoms with Crippen LogP contribution in [0.4, 0.5) is 10.1 Å². The molecule has 0 bridgehead atoms. The van der Waals surface area contributed by atoms with Crippen molar-refractivity contribution >= 4 is 5.69 Å². The number of anilines is 1. The molecule has 2 heteroatoms. The Morgan fingerprint density at radius 2 is 1.81 bits per heavy atom. The minimum Gasteiger partial charge on any atom is -0.379 e. The smallest absolute Gasteiger partial charge is 0.146 e. The fourth-order valence-electron chi connectivity index (χ4n) is 1.57. The Kier molecular flexibility index (Phi) is 3.20. The third-order valence-corrected chi connectivity index (χ3v) is 2.45. The zero-order chi connectivity index (χ0) is 11.4. The third-order valence-electron chi connectivity index (χ3n) is 2.45. The maximum atomic E-state index is 13.4. The molecule has 0 saturated carbocycles. The number of aryl methyl sites for hydroxylation is 1. The Morgan fingerprint density at radius 3 is 2.56 bits per heavy atom. The van der Waals surface area contributed by atoms with Gasteiger partial charge in [-0.05, 0) is 30.2 Å². The van der Waals surface area contributed by atoms with Crippen LogP contribution in [0.5, 0.6) is 0 Å². The van der Waals surface area contributed by atoms with Gasteiger partial charge >= 0.3 is 0 Å². The molecule has 2 aromatic rings. The summed E-state index contributed by atoms with van der Waals surface area (Å²) in [5.41, 5.74) is 2.75. The lowest BCUT2D eigenvalue weighted by molar-refractivity contribution is 0.629. The van der Waals surface area contributed by atoms with Crippen molar-refractivity contribution in [3.8, 4) is 0 Å². The summed E-state index contributed by atoms with van der Waals surface area (Å²) in [5.74, 6) is -0.207. The van der Waals surface area contributed by atoms with Gasteiger partial charge in [0.05, 0.1) is 5.69 Å². The largest absolute Gasteiger partial charge is 0.379 e.